The Hall–Kier alpha value is -1.79. The van der Waals surface area contributed by atoms with Crippen molar-refractivity contribution in [3.8, 4) is 0 Å². The number of carbonyl (C=O) groups is 1. The van der Waals surface area contributed by atoms with Crippen molar-refractivity contribution in [2.45, 2.75) is 5.79 Å². The molecule has 0 atom stereocenters. The molecule has 7 N–H and O–H groups in total. The second-order valence-electron chi connectivity index (χ2n) is 2.79. The summed E-state index contributed by atoms with van der Waals surface area (Å²) in [6.07, 6.45) is 0. The van der Waals surface area contributed by atoms with Gasteiger partial charge in [0.05, 0.1) is 11.4 Å². The summed E-state index contributed by atoms with van der Waals surface area (Å²) in [6, 6.07) is 3.99. The van der Waals surface area contributed by atoms with E-state index in [9.17, 15) is 15.0 Å². The largest absolute Gasteiger partial charge is 0.477 e. The van der Waals surface area contributed by atoms with Crippen molar-refractivity contribution in [3.05, 3.63) is 23.8 Å². The number of hydrogen-bond donors (Lipinski definition) is 5. The summed E-state index contributed by atoms with van der Waals surface area (Å²) < 4.78 is 0. The van der Waals surface area contributed by atoms with E-state index in [-0.39, 0.29) is 16.9 Å². The lowest BCUT2D eigenvalue weighted by Gasteiger charge is -2.19. The van der Waals surface area contributed by atoms with Crippen LogP contribution < -0.4 is 11.5 Å². The second kappa shape index (κ2) is 3.17. The molecule has 1 rings (SSSR count). The maximum atomic E-state index is 10.5. The number of benzene rings is 1. The molecule has 0 heterocycles. The SMILES string of the molecule is Nc1cccc(C(O)(O)C(=O)O)c1N. The van der Waals surface area contributed by atoms with Gasteiger partial charge in [0, 0.05) is 5.56 Å². The Morgan fingerprint density at radius 1 is 1.29 bits per heavy atom. The van der Waals surface area contributed by atoms with Crippen molar-refractivity contribution in [1.82, 2.24) is 0 Å². The number of para-hydroxylation sites is 1. The van der Waals surface area contributed by atoms with Crippen LogP contribution in [0.15, 0.2) is 18.2 Å². The number of anilines is 2. The van der Waals surface area contributed by atoms with Crippen LogP contribution in [0.5, 0.6) is 0 Å². The molecule has 0 fully saturated rings. The third kappa shape index (κ3) is 1.48. The van der Waals surface area contributed by atoms with Gasteiger partial charge in [-0.05, 0) is 6.07 Å². The van der Waals surface area contributed by atoms with Crippen molar-refractivity contribution in [1.29, 1.82) is 0 Å². The topological polar surface area (TPSA) is 130 Å². The van der Waals surface area contributed by atoms with Crippen LogP contribution in [0.4, 0.5) is 11.4 Å². The minimum atomic E-state index is -3.01. The van der Waals surface area contributed by atoms with Crippen LogP contribution in [0.1, 0.15) is 5.56 Å². The predicted molar refractivity (Wildman–Crippen MR) is 49.0 cm³/mol. The first kappa shape index (κ1) is 10.3. The van der Waals surface area contributed by atoms with Crippen molar-refractivity contribution in [3.63, 3.8) is 0 Å². The van der Waals surface area contributed by atoms with Crippen molar-refractivity contribution in [2.24, 2.45) is 0 Å². The number of carboxylic acid groups (broad SMARTS) is 1. The molecule has 0 aliphatic rings. The average molecular weight is 198 g/mol. The molecule has 0 aliphatic heterocycles. The minimum absolute atomic E-state index is 0.0937. The smallest absolute Gasteiger partial charge is 0.369 e. The third-order valence-electron chi connectivity index (χ3n) is 1.81. The van der Waals surface area contributed by atoms with E-state index in [1.54, 1.807) is 0 Å². The van der Waals surface area contributed by atoms with Gasteiger partial charge in [-0.15, -0.1) is 0 Å². The lowest BCUT2D eigenvalue weighted by molar-refractivity contribution is -0.207. The van der Waals surface area contributed by atoms with Crippen LogP contribution in [0, 0.1) is 0 Å². The number of nitrogen functional groups attached to an aromatic ring is 2. The van der Waals surface area contributed by atoms with Crippen molar-refractivity contribution < 1.29 is 20.1 Å². The molecule has 0 saturated carbocycles. The highest BCUT2D eigenvalue weighted by Crippen LogP contribution is 2.28. The maximum absolute atomic E-state index is 10.5. The predicted octanol–water partition coefficient (Wildman–Crippen LogP) is -0.927. The van der Waals surface area contributed by atoms with Crippen LogP contribution in [-0.2, 0) is 10.6 Å². The summed E-state index contributed by atoms with van der Waals surface area (Å²) in [5.41, 5.74) is 10.4. The molecular formula is C8H10N2O4. The van der Waals surface area contributed by atoms with Gasteiger partial charge >= 0.3 is 5.97 Å². The van der Waals surface area contributed by atoms with Crippen LogP contribution in [-0.4, -0.2) is 21.3 Å². The Morgan fingerprint density at radius 2 is 1.86 bits per heavy atom. The zero-order valence-electron chi connectivity index (χ0n) is 7.14. The van der Waals surface area contributed by atoms with Crippen LogP contribution in [0.3, 0.4) is 0 Å². The number of nitrogens with two attached hydrogens (primary N) is 2. The lowest BCUT2D eigenvalue weighted by Crippen LogP contribution is -2.36. The molecule has 0 saturated heterocycles. The van der Waals surface area contributed by atoms with Crippen LogP contribution in [0.25, 0.3) is 0 Å². The molecule has 0 bridgehead atoms. The number of aliphatic hydroxyl groups is 2. The monoisotopic (exact) mass is 198 g/mol. The molecule has 0 unspecified atom stereocenters. The van der Waals surface area contributed by atoms with E-state index in [0.29, 0.717) is 0 Å². The molecule has 76 valence electrons. The molecule has 1 aromatic carbocycles. The fourth-order valence-corrected chi connectivity index (χ4v) is 1.00. The van der Waals surface area contributed by atoms with E-state index in [4.69, 9.17) is 16.6 Å². The Bertz CT molecular complexity index is 376. The number of hydrogen-bond acceptors (Lipinski definition) is 5. The number of aliphatic carboxylic acids is 1. The molecule has 14 heavy (non-hydrogen) atoms. The van der Waals surface area contributed by atoms with E-state index in [1.807, 2.05) is 0 Å². The Morgan fingerprint density at radius 3 is 2.36 bits per heavy atom. The molecule has 6 heteroatoms. The maximum Gasteiger partial charge on any atom is 0.369 e. The van der Waals surface area contributed by atoms with Crippen molar-refractivity contribution in [2.75, 3.05) is 11.5 Å². The standard InChI is InChI=1S/C8H10N2O4/c9-5-3-1-2-4(6(5)10)8(13,14)7(11)12/h1-3,13-14H,9-10H2,(H,11,12). The molecular weight excluding hydrogens is 188 g/mol. The van der Waals surface area contributed by atoms with Gasteiger partial charge in [-0.25, -0.2) is 4.79 Å². The highest BCUT2D eigenvalue weighted by Gasteiger charge is 2.37. The number of carboxylic acids is 1. The van der Waals surface area contributed by atoms with E-state index in [1.165, 1.54) is 18.2 Å². The van der Waals surface area contributed by atoms with Crippen LogP contribution >= 0.6 is 0 Å². The lowest BCUT2D eigenvalue weighted by atomic mass is 10.0. The second-order valence-corrected chi connectivity index (χ2v) is 2.79. The Kier molecular flexibility index (Phi) is 2.33. The molecule has 0 spiro atoms. The molecule has 0 aliphatic carbocycles. The van der Waals surface area contributed by atoms with Gasteiger partial charge in [0.15, 0.2) is 0 Å². The zero-order valence-corrected chi connectivity index (χ0v) is 7.14. The summed E-state index contributed by atoms with van der Waals surface area (Å²) in [5, 5.41) is 26.9. The first-order valence-electron chi connectivity index (χ1n) is 3.70. The average Bonchev–Trinajstić information content (AvgIpc) is 2.09. The Labute approximate surface area is 79.4 Å². The van der Waals surface area contributed by atoms with Crippen LogP contribution in [0.2, 0.25) is 0 Å². The molecule has 6 nitrogen and oxygen atoms in total. The quantitative estimate of drug-likeness (QED) is 0.308. The first-order valence-corrected chi connectivity index (χ1v) is 3.70. The van der Waals surface area contributed by atoms with Crippen molar-refractivity contribution >= 4 is 17.3 Å². The van der Waals surface area contributed by atoms with E-state index in [0.717, 1.165) is 0 Å². The Balaban J connectivity index is 3.33. The summed E-state index contributed by atoms with van der Waals surface area (Å²) in [7, 11) is 0. The van der Waals surface area contributed by atoms with Gasteiger partial charge in [0.2, 0.25) is 0 Å². The number of rotatable bonds is 2. The summed E-state index contributed by atoms with van der Waals surface area (Å²) in [4.78, 5) is 10.5. The zero-order chi connectivity index (χ0) is 10.9. The van der Waals surface area contributed by atoms with Gasteiger partial charge in [-0.1, -0.05) is 12.1 Å². The van der Waals surface area contributed by atoms with Gasteiger partial charge < -0.3 is 26.8 Å². The van der Waals surface area contributed by atoms with Gasteiger partial charge in [-0.2, -0.15) is 0 Å². The van der Waals surface area contributed by atoms with Gasteiger partial charge in [-0.3, -0.25) is 0 Å². The first-order chi connectivity index (χ1) is 6.37. The van der Waals surface area contributed by atoms with Gasteiger partial charge in [0.25, 0.3) is 5.79 Å². The molecule has 0 radical (unpaired) electrons. The fraction of sp³-hybridized carbons (Fsp3) is 0.125. The summed E-state index contributed by atoms with van der Waals surface area (Å²) in [5.74, 6) is -4.82. The third-order valence-corrected chi connectivity index (χ3v) is 1.81. The highest BCUT2D eigenvalue weighted by molar-refractivity contribution is 5.82. The fourth-order valence-electron chi connectivity index (χ4n) is 1.00. The van der Waals surface area contributed by atoms with E-state index < -0.39 is 11.8 Å². The summed E-state index contributed by atoms with van der Waals surface area (Å²) >= 11 is 0. The molecule has 0 aromatic heterocycles. The van der Waals surface area contributed by atoms with E-state index in [2.05, 4.69) is 0 Å². The van der Waals surface area contributed by atoms with Gasteiger partial charge in [0.1, 0.15) is 0 Å². The molecule has 1 aromatic rings. The summed E-state index contributed by atoms with van der Waals surface area (Å²) in [6.45, 7) is 0. The normalized spacial score (nSPS) is 11.3. The highest BCUT2D eigenvalue weighted by atomic mass is 16.5. The minimum Gasteiger partial charge on any atom is -0.477 e. The van der Waals surface area contributed by atoms with E-state index >= 15 is 0 Å². The molecule has 0 amide bonds.